The van der Waals surface area contributed by atoms with Crippen LogP contribution in [0.2, 0.25) is 0 Å². The number of nitrogens with one attached hydrogen (secondary N) is 1. The van der Waals surface area contributed by atoms with Crippen molar-refractivity contribution in [3.8, 4) is 0 Å². The van der Waals surface area contributed by atoms with Gasteiger partial charge in [0, 0.05) is 31.2 Å². The van der Waals surface area contributed by atoms with E-state index in [0.717, 1.165) is 19.6 Å². The van der Waals surface area contributed by atoms with Crippen molar-refractivity contribution in [2.24, 2.45) is 5.41 Å². The van der Waals surface area contributed by atoms with Crippen molar-refractivity contribution in [2.45, 2.75) is 59.2 Å². The van der Waals surface area contributed by atoms with Gasteiger partial charge in [-0.3, -0.25) is 4.90 Å². The summed E-state index contributed by atoms with van der Waals surface area (Å²) in [7, 11) is 0. The Morgan fingerprint density at radius 1 is 1.47 bits per heavy atom. The third-order valence-corrected chi connectivity index (χ3v) is 5.39. The molecular formula is C16H28N2S. The normalized spacial score (nSPS) is 29.6. The zero-order valence-corrected chi connectivity index (χ0v) is 13.8. The maximum absolute atomic E-state index is 3.77. The third-order valence-electron chi connectivity index (χ3n) is 4.66. The van der Waals surface area contributed by atoms with Crippen LogP contribution in [0.1, 0.15) is 46.6 Å². The Hall–Kier alpha value is -0.380. The molecule has 0 spiro atoms. The molecule has 2 nitrogen and oxygen atoms in total. The van der Waals surface area contributed by atoms with E-state index in [1.54, 1.807) is 11.3 Å². The second-order valence-corrected chi connectivity index (χ2v) is 7.94. The SMILES string of the molecule is CCC1(C)CNC(C(C)(C)C)CN1Cc1ccsc1. The number of piperazine rings is 1. The molecule has 2 unspecified atom stereocenters. The van der Waals surface area contributed by atoms with E-state index in [0.29, 0.717) is 11.5 Å². The van der Waals surface area contributed by atoms with Gasteiger partial charge in [0.05, 0.1) is 0 Å². The Kier molecular flexibility index (Phi) is 4.38. The van der Waals surface area contributed by atoms with Crippen molar-refractivity contribution < 1.29 is 0 Å². The van der Waals surface area contributed by atoms with Crippen molar-refractivity contribution in [1.82, 2.24) is 10.2 Å². The fourth-order valence-corrected chi connectivity index (χ4v) is 3.41. The summed E-state index contributed by atoms with van der Waals surface area (Å²) >= 11 is 1.80. The Labute approximate surface area is 122 Å². The highest BCUT2D eigenvalue weighted by Crippen LogP contribution is 2.30. The first-order chi connectivity index (χ1) is 8.85. The summed E-state index contributed by atoms with van der Waals surface area (Å²) in [6.45, 7) is 15.0. The van der Waals surface area contributed by atoms with E-state index in [1.807, 2.05) is 0 Å². The monoisotopic (exact) mass is 280 g/mol. The zero-order chi connectivity index (χ0) is 14.1. The van der Waals surface area contributed by atoms with Gasteiger partial charge in [0.1, 0.15) is 0 Å². The van der Waals surface area contributed by atoms with Gasteiger partial charge in [0.2, 0.25) is 0 Å². The molecule has 1 aliphatic rings. The highest BCUT2D eigenvalue weighted by Gasteiger charge is 2.39. The smallest absolute Gasteiger partial charge is 0.0307 e. The maximum atomic E-state index is 3.77. The van der Waals surface area contributed by atoms with E-state index >= 15 is 0 Å². The average Bonchev–Trinajstić information content (AvgIpc) is 2.83. The molecule has 2 heterocycles. The lowest BCUT2D eigenvalue weighted by Crippen LogP contribution is -2.65. The number of rotatable bonds is 3. The Bertz CT molecular complexity index is 393. The summed E-state index contributed by atoms with van der Waals surface area (Å²) < 4.78 is 0. The standard InChI is InChI=1S/C16H28N2S/c1-6-16(5)12-17-14(15(2,3)4)10-18(16)9-13-7-8-19-11-13/h7-8,11,14,17H,6,9-10,12H2,1-5H3. The van der Waals surface area contributed by atoms with Crippen molar-refractivity contribution in [2.75, 3.05) is 13.1 Å². The summed E-state index contributed by atoms with van der Waals surface area (Å²) in [6, 6.07) is 2.83. The van der Waals surface area contributed by atoms with Gasteiger partial charge in [0.25, 0.3) is 0 Å². The van der Waals surface area contributed by atoms with Crippen LogP contribution in [0.15, 0.2) is 16.8 Å². The second-order valence-electron chi connectivity index (χ2n) is 7.16. The molecule has 1 N–H and O–H groups in total. The molecule has 0 aliphatic carbocycles. The van der Waals surface area contributed by atoms with E-state index in [9.17, 15) is 0 Å². The minimum atomic E-state index is 0.281. The molecule has 1 fully saturated rings. The van der Waals surface area contributed by atoms with Gasteiger partial charge >= 0.3 is 0 Å². The molecule has 1 aromatic rings. The predicted octanol–water partition coefficient (Wildman–Crippen LogP) is 3.74. The number of hydrogen-bond donors (Lipinski definition) is 1. The summed E-state index contributed by atoms with van der Waals surface area (Å²) in [5.41, 5.74) is 2.06. The van der Waals surface area contributed by atoms with Crippen molar-refractivity contribution in [3.63, 3.8) is 0 Å². The highest BCUT2D eigenvalue weighted by atomic mass is 32.1. The molecule has 0 bridgehead atoms. The number of nitrogens with zero attached hydrogens (tertiary/aromatic N) is 1. The molecule has 108 valence electrons. The van der Waals surface area contributed by atoms with Gasteiger partial charge in [0.15, 0.2) is 0 Å². The Morgan fingerprint density at radius 2 is 2.21 bits per heavy atom. The first-order valence-corrected chi connectivity index (χ1v) is 8.29. The van der Waals surface area contributed by atoms with Crippen LogP contribution in [0.25, 0.3) is 0 Å². The zero-order valence-electron chi connectivity index (χ0n) is 13.0. The molecule has 19 heavy (non-hydrogen) atoms. The molecule has 1 saturated heterocycles. The van der Waals surface area contributed by atoms with Crippen molar-refractivity contribution >= 4 is 11.3 Å². The minimum Gasteiger partial charge on any atom is -0.310 e. The summed E-state index contributed by atoms with van der Waals surface area (Å²) in [6.07, 6.45) is 1.20. The summed E-state index contributed by atoms with van der Waals surface area (Å²) in [4.78, 5) is 2.68. The quantitative estimate of drug-likeness (QED) is 0.907. The topological polar surface area (TPSA) is 15.3 Å². The van der Waals surface area contributed by atoms with Crippen LogP contribution in [0.3, 0.4) is 0 Å². The van der Waals surface area contributed by atoms with E-state index in [1.165, 1.54) is 12.0 Å². The lowest BCUT2D eigenvalue weighted by atomic mass is 9.81. The van der Waals surface area contributed by atoms with Crippen LogP contribution in [-0.4, -0.2) is 29.6 Å². The molecule has 1 aliphatic heterocycles. The van der Waals surface area contributed by atoms with Crippen molar-refractivity contribution in [1.29, 1.82) is 0 Å². The maximum Gasteiger partial charge on any atom is 0.0307 e. The van der Waals surface area contributed by atoms with Gasteiger partial charge < -0.3 is 5.32 Å². The molecular weight excluding hydrogens is 252 g/mol. The molecule has 0 saturated carbocycles. The predicted molar refractivity (Wildman–Crippen MR) is 84.7 cm³/mol. The molecule has 0 aromatic carbocycles. The Balaban J connectivity index is 2.13. The average molecular weight is 280 g/mol. The van der Waals surface area contributed by atoms with Crippen LogP contribution in [0, 0.1) is 5.41 Å². The molecule has 1 aromatic heterocycles. The van der Waals surface area contributed by atoms with Crippen LogP contribution < -0.4 is 5.32 Å². The lowest BCUT2D eigenvalue weighted by molar-refractivity contribution is 0.0158. The van der Waals surface area contributed by atoms with Crippen LogP contribution in [0.4, 0.5) is 0 Å². The first kappa shape index (κ1) is 15.0. The highest BCUT2D eigenvalue weighted by molar-refractivity contribution is 7.07. The first-order valence-electron chi connectivity index (χ1n) is 7.35. The number of hydrogen-bond acceptors (Lipinski definition) is 3. The van der Waals surface area contributed by atoms with Crippen LogP contribution in [0.5, 0.6) is 0 Å². The Morgan fingerprint density at radius 3 is 2.74 bits per heavy atom. The molecule has 2 rings (SSSR count). The van der Waals surface area contributed by atoms with Crippen LogP contribution >= 0.6 is 11.3 Å². The summed E-state index contributed by atoms with van der Waals surface area (Å²) in [5.74, 6) is 0. The molecule has 3 heteroatoms. The number of thiophene rings is 1. The molecule has 0 radical (unpaired) electrons. The second kappa shape index (κ2) is 5.55. The van der Waals surface area contributed by atoms with E-state index in [4.69, 9.17) is 0 Å². The van der Waals surface area contributed by atoms with E-state index < -0.39 is 0 Å². The minimum absolute atomic E-state index is 0.281. The van der Waals surface area contributed by atoms with Gasteiger partial charge in [-0.1, -0.05) is 27.7 Å². The van der Waals surface area contributed by atoms with Crippen LogP contribution in [-0.2, 0) is 6.54 Å². The van der Waals surface area contributed by atoms with Gasteiger partial charge in [-0.2, -0.15) is 11.3 Å². The van der Waals surface area contributed by atoms with Gasteiger partial charge in [-0.25, -0.2) is 0 Å². The fourth-order valence-electron chi connectivity index (χ4n) is 2.75. The third kappa shape index (κ3) is 3.39. The fraction of sp³-hybridized carbons (Fsp3) is 0.750. The van der Waals surface area contributed by atoms with E-state index in [2.05, 4.69) is 61.7 Å². The van der Waals surface area contributed by atoms with E-state index in [-0.39, 0.29) is 5.54 Å². The molecule has 2 atom stereocenters. The largest absolute Gasteiger partial charge is 0.310 e. The molecule has 0 amide bonds. The van der Waals surface area contributed by atoms with Gasteiger partial charge in [-0.05, 0) is 41.1 Å². The summed E-state index contributed by atoms with van der Waals surface area (Å²) in [5, 5.41) is 8.24. The lowest BCUT2D eigenvalue weighted by Gasteiger charge is -2.51. The van der Waals surface area contributed by atoms with Gasteiger partial charge in [-0.15, -0.1) is 0 Å². The van der Waals surface area contributed by atoms with Crippen molar-refractivity contribution in [3.05, 3.63) is 22.4 Å².